The van der Waals surface area contributed by atoms with Gasteiger partial charge in [0.25, 0.3) is 0 Å². The first-order valence-electron chi connectivity index (χ1n) is 6.07. The van der Waals surface area contributed by atoms with Gasteiger partial charge in [0.2, 0.25) is 0 Å². The van der Waals surface area contributed by atoms with Gasteiger partial charge in [0.05, 0.1) is 13.7 Å². The van der Waals surface area contributed by atoms with Crippen LogP contribution in [0.1, 0.15) is 11.3 Å². The second kappa shape index (κ2) is 6.61. The molecule has 4 nitrogen and oxygen atoms in total. The molecular formula is C14H17BrN2O2. The van der Waals surface area contributed by atoms with Crippen molar-refractivity contribution < 1.29 is 9.47 Å². The Kier molecular flexibility index (Phi) is 4.85. The molecule has 2 rings (SSSR count). The Labute approximate surface area is 121 Å². The Morgan fingerprint density at radius 1 is 1.32 bits per heavy atom. The molecule has 0 aliphatic carbocycles. The van der Waals surface area contributed by atoms with Crippen LogP contribution in [0.5, 0.6) is 11.5 Å². The van der Waals surface area contributed by atoms with E-state index in [-0.39, 0.29) is 0 Å². The number of hydrogen-bond acceptors (Lipinski definition) is 3. The summed E-state index contributed by atoms with van der Waals surface area (Å²) in [6.07, 6.45) is 2.61. The summed E-state index contributed by atoms with van der Waals surface area (Å²) in [5, 5.41) is 4.88. The Bertz CT molecular complexity index is 518. The molecule has 19 heavy (non-hydrogen) atoms. The van der Waals surface area contributed by atoms with Crippen LogP contribution in [-0.2, 0) is 18.8 Å². The molecule has 0 spiro atoms. The highest BCUT2D eigenvalue weighted by molar-refractivity contribution is 9.08. The van der Waals surface area contributed by atoms with Crippen LogP contribution in [-0.4, -0.2) is 23.5 Å². The van der Waals surface area contributed by atoms with Gasteiger partial charge < -0.3 is 9.47 Å². The van der Waals surface area contributed by atoms with Gasteiger partial charge in [-0.05, 0) is 12.1 Å². The van der Waals surface area contributed by atoms with Gasteiger partial charge in [-0.3, -0.25) is 4.68 Å². The summed E-state index contributed by atoms with van der Waals surface area (Å²) in [7, 11) is 3.59. The van der Waals surface area contributed by atoms with E-state index < -0.39 is 0 Å². The van der Waals surface area contributed by atoms with Crippen LogP contribution < -0.4 is 9.47 Å². The summed E-state index contributed by atoms with van der Waals surface area (Å²) in [4.78, 5) is 0. The number of hydrogen-bond donors (Lipinski definition) is 0. The molecule has 5 heteroatoms. The van der Waals surface area contributed by atoms with Crippen molar-refractivity contribution in [1.82, 2.24) is 9.78 Å². The van der Waals surface area contributed by atoms with Gasteiger partial charge in [0.15, 0.2) is 11.5 Å². The van der Waals surface area contributed by atoms with Crippen molar-refractivity contribution in [2.24, 2.45) is 7.05 Å². The largest absolute Gasteiger partial charge is 0.493 e. The third-order valence-corrected chi connectivity index (χ3v) is 3.56. The van der Waals surface area contributed by atoms with E-state index in [0.717, 1.165) is 34.5 Å². The maximum atomic E-state index is 5.88. The number of nitrogens with zero attached hydrogens (tertiary/aromatic N) is 2. The van der Waals surface area contributed by atoms with Crippen LogP contribution in [0.15, 0.2) is 30.5 Å². The highest BCUT2D eigenvalue weighted by atomic mass is 79.9. The molecule has 102 valence electrons. The molecule has 0 aliphatic heterocycles. The minimum atomic E-state index is 0.597. The zero-order chi connectivity index (χ0) is 13.7. The van der Waals surface area contributed by atoms with Crippen LogP contribution in [0.4, 0.5) is 0 Å². The molecule has 0 amide bonds. The zero-order valence-electron chi connectivity index (χ0n) is 11.1. The van der Waals surface area contributed by atoms with Crippen LogP contribution in [0, 0.1) is 0 Å². The number of aromatic nitrogens is 2. The number of benzene rings is 1. The lowest BCUT2D eigenvalue weighted by atomic mass is 10.2. The molecule has 0 unspecified atom stereocenters. The lowest BCUT2D eigenvalue weighted by Gasteiger charge is -2.13. The second-order valence-electron chi connectivity index (χ2n) is 4.13. The van der Waals surface area contributed by atoms with Gasteiger partial charge in [-0.2, -0.15) is 5.10 Å². The first-order valence-corrected chi connectivity index (χ1v) is 7.20. The fraction of sp³-hybridized carbons (Fsp3) is 0.357. The van der Waals surface area contributed by atoms with Crippen molar-refractivity contribution in [3.8, 4) is 11.5 Å². The molecule has 0 saturated carbocycles. The zero-order valence-corrected chi connectivity index (χ0v) is 12.7. The monoisotopic (exact) mass is 324 g/mol. The SMILES string of the molecule is COc1cccc(CBr)c1OCCc1ccnn1C. The van der Waals surface area contributed by atoms with Gasteiger partial charge >= 0.3 is 0 Å². The summed E-state index contributed by atoms with van der Waals surface area (Å²) in [6.45, 7) is 0.597. The number of aryl methyl sites for hydroxylation is 1. The predicted molar refractivity (Wildman–Crippen MR) is 78.0 cm³/mol. The first kappa shape index (κ1) is 13.9. The molecule has 0 atom stereocenters. The van der Waals surface area contributed by atoms with Crippen molar-refractivity contribution in [2.45, 2.75) is 11.8 Å². The van der Waals surface area contributed by atoms with E-state index in [1.54, 1.807) is 13.3 Å². The molecule has 0 N–H and O–H groups in total. The van der Waals surface area contributed by atoms with Crippen LogP contribution in [0.3, 0.4) is 0 Å². The topological polar surface area (TPSA) is 36.3 Å². The summed E-state index contributed by atoms with van der Waals surface area (Å²) >= 11 is 3.46. The van der Waals surface area contributed by atoms with E-state index in [4.69, 9.17) is 9.47 Å². The van der Waals surface area contributed by atoms with Crippen molar-refractivity contribution in [3.63, 3.8) is 0 Å². The Balaban J connectivity index is 2.04. The third-order valence-electron chi connectivity index (χ3n) is 2.95. The van der Waals surface area contributed by atoms with Gasteiger partial charge in [0.1, 0.15) is 0 Å². The quantitative estimate of drug-likeness (QED) is 0.766. The minimum absolute atomic E-state index is 0.597. The van der Waals surface area contributed by atoms with Crippen LogP contribution in [0.25, 0.3) is 0 Å². The number of rotatable bonds is 6. The molecule has 0 bridgehead atoms. The molecule has 0 fully saturated rings. The molecule has 0 aliphatic rings. The van der Waals surface area contributed by atoms with Crippen molar-refractivity contribution >= 4 is 15.9 Å². The molecule has 1 heterocycles. The summed E-state index contributed by atoms with van der Waals surface area (Å²) < 4.78 is 13.1. The lowest BCUT2D eigenvalue weighted by molar-refractivity contribution is 0.293. The normalized spacial score (nSPS) is 10.5. The average molecular weight is 325 g/mol. The van der Waals surface area contributed by atoms with E-state index in [9.17, 15) is 0 Å². The van der Waals surface area contributed by atoms with E-state index in [0.29, 0.717) is 6.61 Å². The predicted octanol–water partition coefficient (Wildman–Crippen LogP) is 2.95. The molecular weight excluding hydrogens is 308 g/mol. The Hall–Kier alpha value is -1.49. The van der Waals surface area contributed by atoms with Gasteiger partial charge in [-0.15, -0.1) is 0 Å². The number of halogens is 1. The van der Waals surface area contributed by atoms with E-state index in [2.05, 4.69) is 21.0 Å². The summed E-state index contributed by atoms with van der Waals surface area (Å²) in [6, 6.07) is 7.89. The highest BCUT2D eigenvalue weighted by Crippen LogP contribution is 2.32. The number of methoxy groups -OCH3 is 1. The smallest absolute Gasteiger partial charge is 0.165 e. The number of alkyl halides is 1. The molecule has 2 aromatic rings. The van der Waals surface area contributed by atoms with E-state index in [1.807, 2.05) is 36.0 Å². The summed E-state index contributed by atoms with van der Waals surface area (Å²) in [5.74, 6) is 1.57. The van der Waals surface area contributed by atoms with Gasteiger partial charge in [-0.25, -0.2) is 0 Å². The Morgan fingerprint density at radius 2 is 2.16 bits per heavy atom. The van der Waals surface area contributed by atoms with E-state index in [1.165, 1.54) is 0 Å². The van der Waals surface area contributed by atoms with E-state index >= 15 is 0 Å². The first-order chi connectivity index (χ1) is 9.26. The average Bonchev–Trinajstić information content (AvgIpc) is 2.84. The summed E-state index contributed by atoms with van der Waals surface area (Å²) in [5.41, 5.74) is 2.24. The number of para-hydroxylation sites is 1. The van der Waals surface area contributed by atoms with Crippen LogP contribution >= 0.6 is 15.9 Å². The van der Waals surface area contributed by atoms with Crippen LogP contribution in [0.2, 0.25) is 0 Å². The molecule has 0 saturated heterocycles. The maximum Gasteiger partial charge on any atom is 0.165 e. The third kappa shape index (κ3) is 3.29. The minimum Gasteiger partial charge on any atom is -0.493 e. The van der Waals surface area contributed by atoms with Crippen molar-refractivity contribution in [3.05, 3.63) is 41.7 Å². The highest BCUT2D eigenvalue weighted by Gasteiger charge is 2.10. The standard InChI is InChI=1S/C14H17BrN2O2/c1-17-12(6-8-16-17)7-9-19-14-11(10-15)4-3-5-13(14)18-2/h3-6,8H,7,9-10H2,1-2H3. The van der Waals surface area contributed by atoms with Crippen molar-refractivity contribution in [2.75, 3.05) is 13.7 Å². The fourth-order valence-electron chi connectivity index (χ4n) is 1.90. The van der Waals surface area contributed by atoms with Gasteiger partial charge in [0, 0.05) is 36.3 Å². The second-order valence-corrected chi connectivity index (χ2v) is 4.69. The number of ether oxygens (including phenoxy) is 2. The molecule has 0 radical (unpaired) electrons. The van der Waals surface area contributed by atoms with Gasteiger partial charge in [-0.1, -0.05) is 28.1 Å². The maximum absolute atomic E-state index is 5.88. The Morgan fingerprint density at radius 3 is 2.79 bits per heavy atom. The van der Waals surface area contributed by atoms with Crippen molar-refractivity contribution in [1.29, 1.82) is 0 Å². The fourth-order valence-corrected chi connectivity index (χ4v) is 2.34. The lowest BCUT2D eigenvalue weighted by Crippen LogP contribution is -2.07. The molecule has 1 aromatic heterocycles. The molecule has 1 aromatic carbocycles.